The number of unbranched alkanes of at least 4 members (excludes halogenated alkanes) is 1. The highest BCUT2D eigenvalue weighted by Gasteiger charge is 2.30. The van der Waals surface area contributed by atoms with E-state index in [0.29, 0.717) is 0 Å². The van der Waals surface area contributed by atoms with Crippen molar-refractivity contribution in [3.05, 3.63) is 35.9 Å². The van der Waals surface area contributed by atoms with Crippen molar-refractivity contribution in [1.82, 2.24) is 4.90 Å². The van der Waals surface area contributed by atoms with Gasteiger partial charge in [0, 0.05) is 6.54 Å². The van der Waals surface area contributed by atoms with Gasteiger partial charge in [0.15, 0.2) is 0 Å². The first-order chi connectivity index (χ1) is 12.0. The molecule has 0 heterocycles. The van der Waals surface area contributed by atoms with Gasteiger partial charge in [-0.3, -0.25) is 0 Å². The van der Waals surface area contributed by atoms with Gasteiger partial charge in [-0.15, -0.1) is 0 Å². The number of hydrogen-bond acceptors (Lipinski definition) is 6. The second-order valence-electron chi connectivity index (χ2n) is 6.54. The lowest BCUT2D eigenvalue weighted by Gasteiger charge is -2.30. The molecule has 144 valence electrons. The van der Waals surface area contributed by atoms with E-state index in [1.165, 1.54) is 5.56 Å². The lowest BCUT2D eigenvalue weighted by Crippen LogP contribution is -2.50. The van der Waals surface area contributed by atoms with Crippen LogP contribution in [0.4, 0.5) is 0 Å². The molecule has 0 aliphatic carbocycles. The summed E-state index contributed by atoms with van der Waals surface area (Å²) in [5.41, 5.74) is 1.26. The first-order valence-corrected chi connectivity index (χ1v) is 9.09. The molecule has 0 fully saturated rings. The predicted molar refractivity (Wildman–Crippen MR) is 97.2 cm³/mol. The van der Waals surface area contributed by atoms with E-state index in [2.05, 4.69) is 24.0 Å². The Labute approximate surface area is 150 Å². The number of aryl methyl sites for hydroxylation is 1. The summed E-state index contributed by atoms with van der Waals surface area (Å²) < 4.78 is 0. The third kappa shape index (κ3) is 8.27. The van der Waals surface area contributed by atoms with Gasteiger partial charge in [-0.2, -0.15) is 0 Å². The van der Waals surface area contributed by atoms with Crippen molar-refractivity contribution in [2.75, 3.05) is 26.2 Å². The van der Waals surface area contributed by atoms with Gasteiger partial charge in [-0.25, -0.2) is 0 Å². The summed E-state index contributed by atoms with van der Waals surface area (Å²) in [6.07, 6.45) is -1.85. The second-order valence-corrected chi connectivity index (χ2v) is 6.54. The monoisotopic (exact) mass is 355 g/mol. The van der Waals surface area contributed by atoms with Gasteiger partial charge in [0.2, 0.25) is 0 Å². The maximum atomic E-state index is 10.2. The van der Waals surface area contributed by atoms with Crippen LogP contribution in [0, 0.1) is 0 Å². The van der Waals surface area contributed by atoms with Crippen molar-refractivity contribution in [2.24, 2.45) is 0 Å². The zero-order valence-electron chi connectivity index (χ0n) is 15.0. The minimum absolute atomic E-state index is 0.213. The van der Waals surface area contributed by atoms with Crippen LogP contribution in [-0.2, 0) is 6.42 Å². The zero-order valence-corrected chi connectivity index (χ0v) is 15.0. The van der Waals surface area contributed by atoms with Crippen LogP contribution in [0.3, 0.4) is 0 Å². The van der Waals surface area contributed by atoms with Gasteiger partial charge >= 0.3 is 0 Å². The molecule has 0 radical (unpaired) electrons. The van der Waals surface area contributed by atoms with Crippen molar-refractivity contribution in [3.8, 4) is 0 Å². The number of rotatable bonds is 13. The third-order valence-corrected chi connectivity index (χ3v) is 4.38. The van der Waals surface area contributed by atoms with Crippen LogP contribution in [-0.4, -0.2) is 81.1 Å². The molecule has 0 unspecified atom stereocenters. The molecule has 0 saturated carbocycles. The first kappa shape index (κ1) is 22.0. The Hall–Kier alpha value is -1.02. The molecule has 25 heavy (non-hydrogen) atoms. The summed E-state index contributed by atoms with van der Waals surface area (Å²) in [5, 5.41) is 48.1. The number of aliphatic hydroxyl groups excluding tert-OH is 5. The van der Waals surface area contributed by atoms with E-state index in [4.69, 9.17) is 5.11 Å². The van der Waals surface area contributed by atoms with Gasteiger partial charge in [0.25, 0.3) is 0 Å². The van der Waals surface area contributed by atoms with Gasteiger partial charge in [-0.1, -0.05) is 43.7 Å². The molecular formula is C19H33NO5. The van der Waals surface area contributed by atoms with Gasteiger partial charge < -0.3 is 30.4 Å². The molecule has 1 aromatic rings. The van der Waals surface area contributed by atoms with Crippen molar-refractivity contribution in [2.45, 2.75) is 57.0 Å². The lowest BCUT2D eigenvalue weighted by atomic mass is 10.0. The van der Waals surface area contributed by atoms with E-state index in [1.807, 2.05) is 18.2 Å². The predicted octanol–water partition coefficient (Wildman–Crippen LogP) is 0.157. The molecule has 0 spiro atoms. The van der Waals surface area contributed by atoms with Crippen LogP contribution < -0.4 is 0 Å². The fourth-order valence-electron chi connectivity index (χ4n) is 2.76. The molecule has 5 N–H and O–H groups in total. The molecule has 1 rings (SSSR count). The fourth-order valence-corrected chi connectivity index (χ4v) is 2.76. The van der Waals surface area contributed by atoms with Crippen LogP contribution >= 0.6 is 0 Å². The molecule has 6 heteroatoms. The summed E-state index contributed by atoms with van der Waals surface area (Å²) in [6, 6.07) is 10.2. The van der Waals surface area contributed by atoms with E-state index in [1.54, 1.807) is 0 Å². The Morgan fingerprint density at radius 1 is 0.880 bits per heavy atom. The van der Waals surface area contributed by atoms with Gasteiger partial charge in [-0.05, 0) is 37.9 Å². The van der Waals surface area contributed by atoms with E-state index < -0.39 is 31.0 Å². The molecular weight excluding hydrogens is 322 g/mol. The zero-order chi connectivity index (χ0) is 18.7. The quantitative estimate of drug-likeness (QED) is 0.345. The summed E-state index contributed by atoms with van der Waals surface area (Å²) in [7, 11) is 0. The standard InChI is InChI=1S/C19H33NO5/c1-2-3-11-20(12-7-10-15-8-5-4-6-9-15)13-16(22)18(24)19(25)17(23)14-21/h4-6,8-9,16-19,21-25H,2-3,7,10-14H2,1H3/t16-,17+,18+,19+/m0/s1. The Morgan fingerprint density at radius 2 is 1.48 bits per heavy atom. The van der Waals surface area contributed by atoms with Crippen LogP contribution in [0.2, 0.25) is 0 Å². The molecule has 0 aliphatic rings. The highest BCUT2D eigenvalue weighted by atomic mass is 16.4. The highest BCUT2D eigenvalue weighted by molar-refractivity contribution is 5.14. The molecule has 0 amide bonds. The van der Waals surface area contributed by atoms with Crippen LogP contribution in [0.5, 0.6) is 0 Å². The van der Waals surface area contributed by atoms with E-state index in [-0.39, 0.29) is 6.54 Å². The number of benzene rings is 1. The average molecular weight is 355 g/mol. The van der Waals surface area contributed by atoms with Crippen molar-refractivity contribution < 1.29 is 25.5 Å². The van der Waals surface area contributed by atoms with Gasteiger partial charge in [0.05, 0.1) is 12.7 Å². The Balaban J connectivity index is 2.50. The molecule has 4 atom stereocenters. The topological polar surface area (TPSA) is 104 Å². The fraction of sp³-hybridized carbons (Fsp3) is 0.684. The minimum atomic E-state index is -1.57. The maximum absolute atomic E-state index is 10.2. The summed E-state index contributed by atoms with van der Waals surface area (Å²) in [6.45, 7) is 3.21. The molecule has 0 bridgehead atoms. The normalized spacial score (nSPS) is 16.6. The Morgan fingerprint density at radius 3 is 2.08 bits per heavy atom. The molecule has 0 aliphatic heterocycles. The van der Waals surface area contributed by atoms with E-state index in [9.17, 15) is 20.4 Å². The van der Waals surface area contributed by atoms with Gasteiger partial charge in [0.1, 0.15) is 18.3 Å². The largest absolute Gasteiger partial charge is 0.394 e. The summed E-state index contributed by atoms with van der Waals surface area (Å²) >= 11 is 0. The van der Waals surface area contributed by atoms with Crippen molar-refractivity contribution in [1.29, 1.82) is 0 Å². The van der Waals surface area contributed by atoms with Crippen LogP contribution in [0.1, 0.15) is 31.7 Å². The van der Waals surface area contributed by atoms with Crippen LogP contribution in [0.25, 0.3) is 0 Å². The van der Waals surface area contributed by atoms with E-state index in [0.717, 1.165) is 38.8 Å². The Bertz CT molecular complexity index is 445. The highest BCUT2D eigenvalue weighted by Crippen LogP contribution is 2.09. The summed E-state index contributed by atoms with van der Waals surface area (Å²) in [4.78, 5) is 2.07. The smallest absolute Gasteiger partial charge is 0.111 e. The number of nitrogens with zero attached hydrogens (tertiary/aromatic N) is 1. The SMILES string of the molecule is CCCCN(CCCc1ccccc1)C[C@H](O)[C@@H](O)[C@H](O)[C@H](O)CO. The third-order valence-electron chi connectivity index (χ3n) is 4.38. The molecule has 1 aromatic carbocycles. The molecule has 0 saturated heterocycles. The van der Waals surface area contributed by atoms with Crippen molar-refractivity contribution in [3.63, 3.8) is 0 Å². The maximum Gasteiger partial charge on any atom is 0.111 e. The van der Waals surface area contributed by atoms with Crippen molar-refractivity contribution >= 4 is 0 Å². The first-order valence-electron chi connectivity index (χ1n) is 9.09. The summed E-state index contributed by atoms with van der Waals surface area (Å²) in [5.74, 6) is 0. The minimum Gasteiger partial charge on any atom is -0.394 e. The van der Waals surface area contributed by atoms with Crippen LogP contribution in [0.15, 0.2) is 30.3 Å². The van der Waals surface area contributed by atoms with E-state index >= 15 is 0 Å². The number of hydrogen-bond donors (Lipinski definition) is 5. The molecule has 6 nitrogen and oxygen atoms in total. The second kappa shape index (κ2) is 12.4. The number of aliphatic hydroxyl groups is 5. The average Bonchev–Trinajstić information content (AvgIpc) is 2.64. The lowest BCUT2D eigenvalue weighted by molar-refractivity contribution is -0.119. The Kier molecular flexibility index (Phi) is 10.9. The molecule has 0 aromatic heterocycles.